The summed E-state index contributed by atoms with van der Waals surface area (Å²) in [6.45, 7) is 1.27. The van der Waals surface area contributed by atoms with Crippen molar-refractivity contribution in [1.29, 1.82) is 0 Å². The Morgan fingerprint density at radius 2 is 1.81 bits per heavy atom. The molecule has 3 unspecified atom stereocenters. The summed E-state index contributed by atoms with van der Waals surface area (Å²) in [4.78, 5) is 20.9. The third kappa shape index (κ3) is 5.85. The van der Waals surface area contributed by atoms with Crippen molar-refractivity contribution in [2.24, 2.45) is 0 Å². The van der Waals surface area contributed by atoms with Gasteiger partial charge in [0, 0.05) is 37.7 Å². The number of hydrogen-bond donors (Lipinski definition) is 1. The van der Waals surface area contributed by atoms with E-state index in [4.69, 9.17) is 4.52 Å². The van der Waals surface area contributed by atoms with Crippen molar-refractivity contribution in [2.75, 3.05) is 26.2 Å². The number of rotatable bonds is 4. The van der Waals surface area contributed by atoms with Crippen LogP contribution >= 0.6 is 0 Å². The molecule has 3 aromatic rings. The van der Waals surface area contributed by atoms with Crippen LogP contribution in [0.5, 0.6) is 5.75 Å². The van der Waals surface area contributed by atoms with Gasteiger partial charge in [-0.3, -0.25) is 0 Å². The molecule has 1 N–H and O–H groups in total. The molecule has 2 fully saturated rings. The fraction of sp³-hybridized carbons (Fsp3) is 0.400. The molecular formula is C25H24F4N4O4. The summed E-state index contributed by atoms with van der Waals surface area (Å²) >= 11 is 0. The summed E-state index contributed by atoms with van der Waals surface area (Å²) in [5.41, 5.74) is 1.17. The van der Waals surface area contributed by atoms with Gasteiger partial charge in [-0.1, -0.05) is 29.4 Å². The first-order chi connectivity index (χ1) is 17.6. The topological polar surface area (TPSA) is 91.9 Å². The monoisotopic (exact) mass is 520 g/mol. The van der Waals surface area contributed by atoms with E-state index in [0.717, 1.165) is 5.56 Å². The van der Waals surface area contributed by atoms with E-state index in [9.17, 15) is 27.5 Å². The zero-order valence-electron chi connectivity index (χ0n) is 19.6. The largest absolute Gasteiger partial charge is 0.573 e. The van der Waals surface area contributed by atoms with Crippen molar-refractivity contribution in [3.63, 3.8) is 0 Å². The second-order valence-corrected chi connectivity index (χ2v) is 9.29. The summed E-state index contributed by atoms with van der Waals surface area (Å²) in [6.07, 6.45) is -4.38. The molecule has 0 radical (unpaired) electrons. The number of halogens is 4. The molecule has 2 amide bonds. The predicted octanol–water partition coefficient (Wildman–Crippen LogP) is 4.53. The van der Waals surface area contributed by atoms with Gasteiger partial charge in [-0.05, 0) is 42.7 Å². The number of piperidine rings is 1. The molecule has 2 aromatic carbocycles. The van der Waals surface area contributed by atoms with Crippen LogP contribution in [0.2, 0.25) is 0 Å². The van der Waals surface area contributed by atoms with E-state index in [1.165, 1.54) is 30.3 Å². The first-order valence-corrected chi connectivity index (χ1v) is 11.8. The number of ether oxygens (including phenoxy) is 1. The van der Waals surface area contributed by atoms with Crippen molar-refractivity contribution >= 4 is 6.03 Å². The Labute approximate surface area is 209 Å². The smallest absolute Gasteiger partial charge is 0.406 e. The summed E-state index contributed by atoms with van der Waals surface area (Å²) in [5.74, 6) is -0.884. The van der Waals surface area contributed by atoms with Crippen molar-refractivity contribution in [3.05, 3.63) is 65.8 Å². The fourth-order valence-corrected chi connectivity index (χ4v) is 4.88. The van der Waals surface area contributed by atoms with Crippen LogP contribution in [0, 0.1) is 5.82 Å². The molecule has 3 heterocycles. The molecule has 3 atom stereocenters. The maximum atomic E-state index is 13.7. The lowest BCUT2D eigenvalue weighted by atomic mass is 9.84. The third-order valence-corrected chi connectivity index (χ3v) is 6.61. The summed E-state index contributed by atoms with van der Waals surface area (Å²) in [5, 5.41) is 13.9. The number of carbonyl (C=O) groups is 1. The molecule has 37 heavy (non-hydrogen) atoms. The highest BCUT2D eigenvalue weighted by Crippen LogP contribution is 2.37. The van der Waals surface area contributed by atoms with Gasteiger partial charge in [0.25, 0.3) is 0 Å². The van der Waals surface area contributed by atoms with E-state index in [1.807, 2.05) is 0 Å². The van der Waals surface area contributed by atoms with Crippen LogP contribution in [0.25, 0.3) is 11.4 Å². The van der Waals surface area contributed by atoms with E-state index >= 15 is 0 Å². The molecule has 5 rings (SSSR count). The Balaban J connectivity index is 1.40. The van der Waals surface area contributed by atoms with Gasteiger partial charge in [0.1, 0.15) is 11.6 Å². The van der Waals surface area contributed by atoms with E-state index in [2.05, 4.69) is 14.9 Å². The number of likely N-dealkylation sites (tertiary alicyclic amines) is 2. The third-order valence-electron chi connectivity index (χ3n) is 6.61. The second kappa shape index (κ2) is 10.0. The van der Waals surface area contributed by atoms with E-state index in [0.29, 0.717) is 31.5 Å². The van der Waals surface area contributed by atoms with Crippen molar-refractivity contribution in [3.8, 4) is 17.1 Å². The highest BCUT2D eigenvalue weighted by molar-refractivity contribution is 5.75. The number of amides is 2. The lowest BCUT2D eigenvalue weighted by Crippen LogP contribution is -2.48. The molecule has 2 saturated heterocycles. The van der Waals surface area contributed by atoms with Crippen LogP contribution in [-0.4, -0.2) is 69.7 Å². The van der Waals surface area contributed by atoms with Crippen LogP contribution in [0.15, 0.2) is 53.1 Å². The van der Waals surface area contributed by atoms with Crippen molar-refractivity contribution in [1.82, 2.24) is 19.9 Å². The Morgan fingerprint density at radius 3 is 2.49 bits per heavy atom. The molecule has 0 spiro atoms. The summed E-state index contributed by atoms with van der Waals surface area (Å²) in [6, 6.07) is 11.1. The molecule has 2 aliphatic rings. The molecule has 196 valence electrons. The number of hydrogen-bond acceptors (Lipinski definition) is 6. The Bertz CT molecular complexity index is 1250. The number of β-amino-alcohol motifs (C(OH)–C–C–N with tert-alkyl or cyclic N) is 1. The predicted molar refractivity (Wildman–Crippen MR) is 122 cm³/mol. The van der Waals surface area contributed by atoms with Gasteiger partial charge in [-0.2, -0.15) is 4.98 Å². The Morgan fingerprint density at radius 1 is 1.05 bits per heavy atom. The van der Waals surface area contributed by atoms with Crippen LogP contribution in [-0.2, 0) is 0 Å². The molecule has 1 aromatic heterocycles. The van der Waals surface area contributed by atoms with E-state index in [1.54, 1.807) is 28.0 Å². The number of aliphatic hydroxyl groups is 1. The molecule has 2 aliphatic heterocycles. The van der Waals surface area contributed by atoms with E-state index in [-0.39, 0.29) is 48.4 Å². The fourth-order valence-electron chi connectivity index (χ4n) is 4.88. The lowest BCUT2D eigenvalue weighted by molar-refractivity contribution is -0.274. The number of benzene rings is 2. The molecular weight excluding hydrogens is 496 g/mol. The van der Waals surface area contributed by atoms with Gasteiger partial charge in [-0.25, -0.2) is 9.18 Å². The number of urea groups is 1. The van der Waals surface area contributed by atoms with Gasteiger partial charge < -0.3 is 24.2 Å². The molecule has 0 bridgehead atoms. The standard InChI is InChI=1S/C25H24F4N4O4/c26-19-3-1-2-16(11-19)22-30-23(37-31-22)18-10-17(15-4-6-21(7-5-15)36-25(27,28)29)12-33(13-18)24(35)32-9-8-20(34)14-32/h1-7,11,17-18,20,34H,8-10,12-14H2. The van der Waals surface area contributed by atoms with Crippen LogP contribution in [0.3, 0.4) is 0 Å². The summed E-state index contributed by atoms with van der Waals surface area (Å²) < 4.78 is 60.8. The van der Waals surface area contributed by atoms with Crippen molar-refractivity contribution < 1.29 is 36.7 Å². The molecule has 0 saturated carbocycles. The first kappa shape index (κ1) is 25.0. The van der Waals surface area contributed by atoms with Gasteiger partial charge >= 0.3 is 12.4 Å². The van der Waals surface area contributed by atoms with Crippen LogP contribution in [0.1, 0.15) is 36.1 Å². The molecule has 8 nitrogen and oxygen atoms in total. The van der Waals surface area contributed by atoms with Crippen LogP contribution in [0.4, 0.5) is 22.4 Å². The number of carbonyl (C=O) groups excluding carboxylic acids is 1. The highest BCUT2D eigenvalue weighted by atomic mass is 19.4. The van der Waals surface area contributed by atoms with Gasteiger partial charge in [0.15, 0.2) is 0 Å². The maximum absolute atomic E-state index is 13.7. The number of alkyl halides is 3. The minimum atomic E-state index is -4.79. The minimum absolute atomic E-state index is 0.214. The quantitative estimate of drug-likeness (QED) is 0.508. The van der Waals surface area contributed by atoms with Crippen LogP contribution < -0.4 is 4.74 Å². The number of nitrogens with zero attached hydrogens (tertiary/aromatic N) is 4. The molecule has 0 aliphatic carbocycles. The van der Waals surface area contributed by atoms with Gasteiger partial charge in [-0.15, -0.1) is 13.2 Å². The number of aromatic nitrogens is 2. The normalized spacial score (nSPS) is 22.4. The average molecular weight is 520 g/mol. The van der Waals surface area contributed by atoms with Crippen molar-refractivity contribution in [2.45, 2.75) is 37.1 Å². The number of aliphatic hydroxyl groups excluding tert-OH is 1. The minimum Gasteiger partial charge on any atom is -0.406 e. The van der Waals surface area contributed by atoms with Gasteiger partial charge in [0.2, 0.25) is 11.7 Å². The zero-order chi connectivity index (χ0) is 26.2. The Hall–Kier alpha value is -3.67. The highest BCUT2D eigenvalue weighted by Gasteiger charge is 2.38. The van der Waals surface area contributed by atoms with E-state index < -0.39 is 18.3 Å². The SMILES string of the molecule is O=C(N1CCC(O)C1)N1CC(c2ccc(OC(F)(F)F)cc2)CC(c2nc(-c3cccc(F)c3)no2)C1. The lowest BCUT2D eigenvalue weighted by Gasteiger charge is -2.38. The summed E-state index contributed by atoms with van der Waals surface area (Å²) in [7, 11) is 0. The Kier molecular flexibility index (Phi) is 6.76. The average Bonchev–Trinajstić information content (AvgIpc) is 3.52. The second-order valence-electron chi connectivity index (χ2n) is 9.29. The first-order valence-electron chi connectivity index (χ1n) is 11.8. The van der Waals surface area contributed by atoms with Gasteiger partial charge in [0.05, 0.1) is 12.0 Å². The zero-order valence-corrected chi connectivity index (χ0v) is 19.6. The molecule has 12 heteroatoms. The maximum Gasteiger partial charge on any atom is 0.573 e.